The van der Waals surface area contributed by atoms with Crippen molar-refractivity contribution in [3.63, 3.8) is 0 Å². The maximum absolute atomic E-state index is 11.6. The number of hydrogen-bond acceptors (Lipinski definition) is 4. The predicted octanol–water partition coefficient (Wildman–Crippen LogP) is 2.33. The molecule has 18 heavy (non-hydrogen) atoms. The summed E-state index contributed by atoms with van der Waals surface area (Å²) in [4.78, 5) is 22.6. The number of ether oxygens (including phenoxy) is 1. The molecule has 0 saturated carbocycles. The Labute approximate surface area is 110 Å². The van der Waals surface area contributed by atoms with Crippen LogP contribution in [0.4, 0.5) is 0 Å². The first-order chi connectivity index (χ1) is 8.54. The first-order valence-corrected chi connectivity index (χ1v) is 6.85. The molecule has 106 valence electrons. The minimum atomic E-state index is -0.691. The van der Waals surface area contributed by atoms with Crippen LogP contribution in [-0.2, 0) is 14.3 Å². The van der Waals surface area contributed by atoms with E-state index in [1.807, 2.05) is 0 Å². The van der Waals surface area contributed by atoms with Crippen molar-refractivity contribution >= 4 is 12.3 Å². The largest absolute Gasteiger partial charge is 0.462 e. The zero-order valence-corrected chi connectivity index (χ0v) is 11.7. The molecule has 3 unspecified atom stereocenters. The van der Waals surface area contributed by atoms with Gasteiger partial charge in [0.1, 0.15) is 18.8 Å². The molecule has 0 aromatic carbocycles. The molecule has 0 saturated heterocycles. The van der Waals surface area contributed by atoms with E-state index in [1.165, 1.54) is 0 Å². The summed E-state index contributed by atoms with van der Waals surface area (Å²) >= 11 is 0. The number of aliphatic hydroxyl groups excluding tert-OH is 1. The molecule has 0 aliphatic carbocycles. The van der Waals surface area contributed by atoms with Gasteiger partial charge in [0.05, 0.1) is 6.10 Å². The number of aliphatic hydroxyl groups is 1. The number of carbonyl (C=O) groups excluding carboxylic acids is 2. The van der Waals surface area contributed by atoms with Crippen LogP contribution in [0.5, 0.6) is 0 Å². The molecule has 4 nitrogen and oxygen atoms in total. The van der Waals surface area contributed by atoms with Crippen LogP contribution in [0.1, 0.15) is 52.9 Å². The number of rotatable bonds is 10. The third-order valence-corrected chi connectivity index (χ3v) is 3.06. The summed E-state index contributed by atoms with van der Waals surface area (Å²) in [7, 11) is 0. The van der Waals surface area contributed by atoms with Crippen LogP contribution >= 0.6 is 0 Å². The third kappa shape index (κ3) is 7.43. The highest BCUT2D eigenvalue weighted by Gasteiger charge is 2.23. The van der Waals surface area contributed by atoms with Crippen molar-refractivity contribution in [1.29, 1.82) is 0 Å². The van der Waals surface area contributed by atoms with Crippen molar-refractivity contribution in [2.75, 3.05) is 6.61 Å². The molecule has 0 spiro atoms. The first kappa shape index (κ1) is 17.1. The zero-order chi connectivity index (χ0) is 14.0. The van der Waals surface area contributed by atoms with Gasteiger partial charge in [0, 0.05) is 0 Å². The van der Waals surface area contributed by atoms with E-state index in [0.717, 1.165) is 25.7 Å². The molecule has 4 heteroatoms. The average Bonchev–Trinajstić information content (AvgIpc) is 2.36. The smallest absolute Gasteiger partial charge is 0.316 e. The first-order valence-electron chi connectivity index (χ1n) is 6.85. The molecular weight excluding hydrogens is 232 g/mol. The second-order valence-corrected chi connectivity index (χ2v) is 4.87. The molecule has 0 radical (unpaired) electrons. The Kier molecular flexibility index (Phi) is 9.56. The average molecular weight is 258 g/mol. The van der Waals surface area contributed by atoms with Gasteiger partial charge in [-0.2, -0.15) is 0 Å². The van der Waals surface area contributed by atoms with E-state index in [9.17, 15) is 9.59 Å². The molecule has 0 rings (SSSR count). The second kappa shape index (κ2) is 10.1. The summed E-state index contributed by atoms with van der Waals surface area (Å²) in [6.45, 7) is 5.69. The third-order valence-electron chi connectivity index (χ3n) is 3.06. The maximum Gasteiger partial charge on any atom is 0.316 e. The van der Waals surface area contributed by atoms with Gasteiger partial charge in [-0.15, -0.1) is 0 Å². The predicted molar refractivity (Wildman–Crippen MR) is 70.1 cm³/mol. The number of carbonyl (C=O) groups is 2. The molecule has 0 heterocycles. The van der Waals surface area contributed by atoms with E-state index in [4.69, 9.17) is 9.84 Å². The fourth-order valence-corrected chi connectivity index (χ4v) is 1.86. The van der Waals surface area contributed by atoms with E-state index < -0.39 is 18.0 Å². The van der Waals surface area contributed by atoms with Gasteiger partial charge in [-0.25, -0.2) is 0 Å². The minimum absolute atomic E-state index is 0.0467. The van der Waals surface area contributed by atoms with Gasteiger partial charge in [0.25, 0.3) is 0 Å². The monoisotopic (exact) mass is 258 g/mol. The molecule has 3 atom stereocenters. The molecule has 0 fully saturated rings. The van der Waals surface area contributed by atoms with E-state index in [1.54, 1.807) is 6.92 Å². The Morgan fingerprint density at radius 1 is 1.39 bits per heavy atom. The molecule has 0 bridgehead atoms. The lowest BCUT2D eigenvalue weighted by atomic mass is 9.89. The van der Waals surface area contributed by atoms with Crippen molar-refractivity contribution in [2.45, 2.75) is 59.0 Å². The molecule has 0 aliphatic rings. The quantitative estimate of drug-likeness (QED) is 0.371. The van der Waals surface area contributed by atoms with Gasteiger partial charge in [0.2, 0.25) is 0 Å². The molecule has 0 amide bonds. The van der Waals surface area contributed by atoms with Gasteiger partial charge in [-0.1, -0.05) is 39.5 Å². The van der Waals surface area contributed by atoms with Crippen molar-refractivity contribution < 1.29 is 19.4 Å². The lowest BCUT2D eigenvalue weighted by Crippen LogP contribution is -2.25. The van der Waals surface area contributed by atoms with Crippen LogP contribution in [-0.4, -0.2) is 30.1 Å². The topological polar surface area (TPSA) is 63.6 Å². The highest BCUT2D eigenvalue weighted by molar-refractivity contribution is 5.87. The maximum atomic E-state index is 11.6. The Morgan fingerprint density at radius 2 is 2.06 bits per heavy atom. The van der Waals surface area contributed by atoms with E-state index in [0.29, 0.717) is 18.6 Å². The van der Waals surface area contributed by atoms with E-state index in [-0.39, 0.29) is 6.61 Å². The zero-order valence-electron chi connectivity index (χ0n) is 11.7. The van der Waals surface area contributed by atoms with Gasteiger partial charge in [0.15, 0.2) is 0 Å². The second-order valence-electron chi connectivity index (χ2n) is 4.87. The fraction of sp³-hybridized carbons (Fsp3) is 0.857. The number of esters is 1. The molecular formula is C14H26O4. The van der Waals surface area contributed by atoms with Gasteiger partial charge in [-0.3, -0.25) is 4.79 Å². The molecule has 1 N–H and O–H groups in total. The number of unbranched alkanes of at least 4 members (excludes halogenated alkanes) is 1. The summed E-state index contributed by atoms with van der Waals surface area (Å²) in [6, 6.07) is 0. The summed E-state index contributed by atoms with van der Waals surface area (Å²) in [5.74, 6) is -0.814. The van der Waals surface area contributed by atoms with E-state index in [2.05, 4.69) is 13.8 Å². The Bertz CT molecular complexity index is 238. The lowest BCUT2D eigenvalue weighted by molar-refractivity contribution is -0.153. The van der Waals surface area contributed by atoms with Crippen LogP contribution in [0.15, 0.2) is 0 Å². The number of aldehydes is 1. The van der Waals surface area contributed by atoms with Crippen LogP contribution < -0.4 is 0 Å². The van der Waals surface area contributed by atoms with Crippen LogP contribution in [0.3, 0.4) is 0 Å². The Morgan fingerprint density at radius 3 is 2.50 bits per heavy atom. The highest BCUT2D eigenvalue weighted by atomic mass is 16.5. The number of hydrogen-bond donors (Lipinski definition) is 1. The lowest BCUT2D eigenvalue weighted by Gasteiger charge is -2.18. The standard InChI is InChI=1S/C14H26O4/c1-4-6-7-12(5-2)8-13(9-15)14(17)18-10-11(3)16/h9,11-13,16H,4-8,10H2,1-3H3. The van der Waals surface area contributed by atoms with Crippen molar-refractivity contribution in [1.82, 2.24) is 0 Å². The van der Waals surface area contributed by atoms with Crippen LogP contribution in [0.2, 0.25) is 0 Å². The molecule has 0 aromatic heterocycles. The summed E-state index contributed by atoms with van der Waals surface area (Å²) in [5.41, 5.74) is 0. The summed E-state index contributed by atoms with van der Waals surface area (Å²) < 4.78 is 4.89. The Balaban J connectivity index is 4.21. The highest BCUT2D eigenvalue weighted by Crippen LogP contribution is 2.21. The summed E-state index contributed by atoms with van der Waals surface area (Å²) in [6.07, 6.45) is 4.78. The minimum Gasteiger partial charge on any atom is -0.462 e. The van der Waals surface area contributed by atoms with Crippen LogP contribution in [0.25, 0.3) is 0 Å². The summed E-state index contributed by atoms with van der Waals surface area (Å²) in [5, 5.41) is 9.03. The van der Waals surface area contributed by atoms with Crippen molar-refractivity contribution in [3.05, 3.63) is 0 Å². The van der Waals surface area contributed by atoms with Crippen molar-refractivity contribution in [2.24, 2.45) is 11.8 Å². The van der Waals surface area contributed by atoms with E-state index >= 15 is 0 Å². The SMILES string of the molecule is CCCCC(CC)CC(C=O)C(=O)OCC(C)O. The van der Waals surface area contributed by atoms with Gasteiger partial charge < -0.3 is 14.6 Å². The Hall–Kier alpha value is -0.900. The van der Waals surface area contributed by atoms with Crippen LogP contribution in [0, 0.1) is 11.8 Å². The molecule has 0 aromatic rings. The molecule has 0 aliphatic heterocycles. The fourth-order valence-electron chi connectivity index (χ4n) is 1.86. The van der Waals surface area contributed by atoms with Gasteiger partial charge in [-0.05, 0) is 19.3 Å². The normalized spacial score (nSPS) is 15.8. The van der Waals surface area contributed by atoms with Gasteiger partial charge >= 0.3 is 5.97 Å². The van der Waals surface area contributed by atoms with Crippen molar-refractivity contribution in [3.8, 4) is 0 Å².